The largest absolute Gasteiger partial charge is 0.446 e. The van der Waals surface area contributed by atoms with Gasteiger partial charge in [0.05, 0.1) is 0 Å². The van der Waals surface area contributed by atoms with E-state index in [4.69, 9.17) is 9.47 Å². The molecule has 0 bridgehead atoms. The smallest absolute Gasteiger partial charge is 0.407 e. The molecule has 0 radical (unpaired) electrons. The van der Waals surface area contributed by atoms with Crippen LogP contribution in [-0.4, -0.2) is 47.6 Å². The van der Waals surface area contributed by atoms with Gasteiger partial charge in [0.25, 0.3) is 0 Å². The number of aromatic amines is 1. The lowest BCUT2D eigenvalue weighted by molar-refractivity contribution is -0.117. The van der Waals surface area contributed by atoms with Crippen LogP contribution in [0.5, 0.6) is 0 Å². The normalized spacial score (nSPS) is 30.6. The molecule has 3 aliphatic carbocycles. The predicted molar refractivity (Wildman–Crippen MR) is 98.3 cm³/mol. The first-order valence-corrected chi connectivity index (χ1v) is 9.80. The van der Waals surface area contributed by atoms with Crippen molar-refractivity contribution in [3.63, 3.8) is 0 Å². The van der Waals surface area contributed by atoms with Gasteiger partial charge in [-0.1, -0.05) is 0 Å². The Balaban J connectivity index is 1.24. The molecule has 0 spiro atoms. The molecule has 0 unspecified atom stereocenters. The van der Waals surface area contributed by atoms with Crippen molar-refractivity contribution >= 4 is 17.8 Å². The van der Waals surface area contributed by atoms with Crippen LogP contribution in [0.3, 0.4) is 0 Å². The van der Waals surface area contributed by atoms with E-state index < -0.39 is 0 Å². The van der Waals surface area contributed by atoms with E-state index in [-0.39, 0.29) is 35.5 Å². The number of amides is 2. The summed E-state index contributed by atoms with van der Waals surface area (Å²) in [5.41, 5.74) is 0.922. The van der Waals surface area contributed by atoms with E-state index >= 15 is 0 Å². The maximum atomic E-state index is 12.2. The highest BCUT2D eigenvalue weighted by molar-refractivity contribution is 5.93. The van der Waals surface area contributed by atoms with Crippen LogP contribution in [0.1, 0.15) is 57.1 Å². The van der Waals surface area contributed by atoms with Crippen molar-refractivity contribution in [1.82, 2.24) is 15.5 Å². The summed E-state index contributed by atoms with van der Waals surface area (Å²) in [6, 6.07) is 1.89. The molecule has 3 fully saturated rings. The van der Waals surface area contributed by atoms with Crippen LogP contribution in [0.4, 0.5) is 10.6 Å². The van der Waals surface area contributed by atoms with E-state index in [1.165, 1.54) is 0 Å². The number of rotatable bonds is 7. The molecule has 0 aliphatic heterocycles. The fraction of sp³-hybridized carbons (Fsp3) is 0.737. The zero-order valence-corrected chi connectivity index (χ0v) is 15.9. The van der Waals surface area contributed by atoms with E-state index in [1.807, 2.05) is 13.0 Å². The Morgan fingerprint density at radius 2 is 2.15 bits per heavy atom. The van der Waals surface area contributed by atoms with Crippen molar-refractivity contribution in [2.75, 3.05) is 19.0 Å². The Morgan fingerprint density at radius 1 is 1.33 bits per heavy atom. The summed E-state index contributed by atoms with van der Waals surface area (Å²) >= 11 is 0. The molecule has 4 atom stereocenters. The molecule has 8 heteroatoms. The maximum Gasteiger partial charge on any atom is 0.407 e. The Labute approximate surface area is 158 Å². The Morgan fingerprint density at radius 3 is 2.89 bits per heavy atom. The van der Waals surface area contributed by atoms with Gasteiger partial charge in [-0.3, -0.25) is 9.89 Å². The number of carbonyl (C=O) groups excluding carboxylic acids is 2. The number of nitrogens with one attached hydrogen (secondary N) is 3. The highest BCUT2D eigenvalue weighted by atomic mass is 16.6. The molecule has 4 rings (SSSR count). The van der Waals surface area contributed by atoms with Crippen molar-refractivity contribution in [3.05, 3.63) is 11.8 Å². The number of methoxy groups -OCH3 is 1. The number of ether oxygens (including phenoxy) is 2. The van der Waals surface area contributed by atoms with Gasteiger partial charge in [-0.05, 0) is 51.4 Å². The number of carbonyl (C=O) groups is 2. The minimum atomic E-state index is -0.312. The second-order valence-corrected chi connectivity index (χ2v) is 8.48. The minimum Gasteiger partial charge on any atom is -0.446 e. The fourth-order valence-electron chi connectivity index (χ4n) is 3.87. The predicted octanol–water partition coefficient (Wildman–Crippen LogP) is 2.55. The van der Waals surface area contributed by atoms with E-state index in [2.05, 4.69) is 20.8 Å². The number of hydrogen-bond acceptors (Lipinski definition) is 5. The van der Waals surface area contributed by atoms with Gasteiger partial charge in [-0.2, -0.15) is 5.10 Å². The molecule has 1 aromatic heterocycles. The number of nitrogens with zero attached hydrogens (tertiary/aromatic N) is 1. The Kier molecular flexibility index (Phi) is 4.84. The van der Waals surface area contributed by atoms with Crippen molar-refractivity contribution in [1.29, 1.82) is 0 Å². The second-order valence-electron chi connectivity index (χ2n) is 8.48. The summed E-state index contributed by atoms with van der Waals surface area (Å²) in [4.78, 5) is 24.2. The van der Waals surface area contributed by atoms with E-state index in [1.54, 1.807) is 7.11 Å². The molecule has 1 heterocycles. The third-order valence-electron chi connectivity index (χ3n) is 5.99. The van der Waals surface area contributed by atoms with Crippen molar-refractivity contribution in [3.8, 4) is 0 Å². The van der Waals surface area contributed by atoms with Crippen LogP contribution < -0.4 is 10.6 Å². The third-order valence-corrected chi connectivity index (χ3v) is 5.99. The van der Waals surface area contributed by atoms with Crippen LogP contribution in [0.15, 0.2) is 6.07 Å². The standard InChI is InChI=1S/C19H28N4O4/c1-19(5-6-19)21-18(25)27-13-4-3-11(7-13)15-9-16(23-22-15)20-17(24)14-8-12(14)10-26-2/h9,11-14H,3-8,10H2,1-2H3,(H,21,25)(H2,20,22,23,24)/t11-,12-,13+,14+/m1/s1. The monoisotopic (exact) mass is 376 g/mol. The molecule has 8 nitrogen and oxygen atoms in total. The number of hydrogen-bond donors (Lipinski definition) is 3. The molecule has 1 aromatic rings. The van der Waals surface area contributed by atoms with Gasteiger partial charge in [-0.25, -0.2) is 4.79 Å². The summed E-state index contributed by atoms with van der Waals surface area (Å²) in [5, 5.41) is 13.1. The summed E-state index contributed by atoms with van der Waals surface area (Å²) in [5.74, 6) is 1.18. The Hall–Kier alpha value is -2.09. The lowest BCUT2D eigenvalue weighted by Gasteiger charge is -2.16. The summed E-state index contributed by atoms with van der Waals surface area (Å²) < 4.78 is 10.7. The molecule has 148 valence electrons. The van der Waals surface area contributed by atoms with Gasteiger partial charge in [0.1, 0.15) is 6.10 Å². The summed E-state index contributed by atoms with van der Waals surface area (Å²) in [6.45, 7) is 2.66. The van der Waals surface area contributed by atoms with Crippen molar-refractivity contribution in [2.45, 2.75) is 63.0 Å². The molecule has 2 amide bonds. The summed E-state index contributed by atoms with van der Waals surface area (Å²) in [7, 11) is 1.65. The average molecular weight is 376 g/mol. The van der Waals surface area contributed by atoms with Crippen LogP contribution in [0, 0.1) is 11.8 Å². The third kappa shape index (κ3) is 4.43. The van der Waals surface area contributed by atoms with Gasteiger partial charge in [0.2, 0.25) is 5.91 Å². The molecule has 0 aromatic carbocycles. The van der Waals surface area contributed by atoms with Crippen LogP contribution in [0.2, 0.25) is 0 Å². The maximum absolute atomic E-state index is 12.2. The SMILES string of the molecule is COC[C@H]1C[C@@H]1C(=O)Nc1cc([C@@H]2CC[C@H](OC(=O)NC3(C)CC3)C2)[nH]n1. The first kappa shape index (κ1) is 18.3. The van der Waals surface area contributed by atoms with Gasteiger partial charge in [0, 0.05) is 42.9 Å². The zero-order chi connectivity index (χ0) is 19.0. The molecule has 27 heavy (non-hydrogen) atoms. The average Bonchev–Trinajstić information content (AvgIpc) is 3.41. The van der Waals surface area contributed by atoms with Crippen molar-refractivity contribution < 1.29 is 19.1 Å². The van der Waals surface area contributed by atoms with Gasteiger partial charge in [0.15, 0.2) is 5.82 Å². The van der Waals surface area contributed by atoms with Gasteiger partial charge >= 0.3 is 6.09 Å². The molecule has 3 N–H and O–H groups in total. The number of alkyl carbamates (subject to hydrolysis) is 1. The van der Waals surface area contributed by atoms with Gasteiger partial charge in [-0.15, -0.1) is 0 Å². The quantitative estimate of drug-likeness (QED) is 0.678. The highest BCUT2D eigenvalue weighted by Gasteiger charge is 2.43. The highest BCUT2D eigenvalue weighted by Crippen LogP contribution is 2.40. The first-order chi connectivity index (χ1) is 13.0. The lowest BCUT2D eigenvalue weighted by atomic mass is 10.0. The molecule has 3 aliphatic rings. The number of aromatic nitrogens is 2. The van der Waals surface area contributed by atoms with E-state index in [0.717, 1.165) is 44.2 Å². The molecular formula is C19H28N4O4. The molecular weight excluding hydrogens is 348 g/mol. The summed E-state index contributed by atoms with van der Waals surface area (Å²) in [6.07, 6.45) is 5.08. The minimum absolute atomic E-state index is 0.00738. The van der Waals surface area contributed by atoms with Crippen LogP contribution in [0.25, 0.3) is 0 Å². The second kappa shape index (κ2) is 7.14. The van der Waals surface area contributed by atoms with E-state index in [0.29, 0.717) is 18.3 Å². The number of anilines is 1. The zero-order valence-electron chi connectivity index (χ0n) is 15.9. The van der Waals surface area contributed by atoms with E-state index in [9.17, 15) is 9.59 Å². The van der Waals surface area contributed by atoms with Crippen LogP contribution >= 0.6 is 0 Å². The van der Waals surface area contributed by atoms with Crippen LogP contribution in [-0.2, 0) is 14.3 Å². The number of H-pyrrole nitrogens is 1. The van der Waals surface area contributed by atoms with Gasteiger partial charge < -0.3 is 20.1 Å². The fourth-order valence-corrected chi connectivity index (χ4v) is 3.87. The topological polar surface area (TPSA) is 105 Å². The lowest BCUT2D eigenvalue weighted by Crippen LogP contribution is -2.36. The molecule has 3 saturated carbocycles. The first-order valence-electron chi connectivity index (χ1n) is 9.80. The van der Waals surface area contributed by atoms with Crippen molar-refractivity contribution in [2.24, 2.45) is 11.8 Å². The Bertz CT molecular complexity index is 714. The molecule has 0 saturated heterocycles.